The molecule has 1 N–H and O–H groups in total. The van der Waals surface area contributed by atoms with E-state index in [1.165, 1.54) is 41.4 Å². The molecule has 0 aliphatic carbocycles. The van der Waals surface area contributed by atoms with Crippen LogP contribution < -0.4 is 10.9 Å². The molecule has 0 unspecified atom stereocenters. The first-order chi connectivity index (χ1) is 8.58. The SMILES string of the molecule is Cn1cc(NC(=O)c2ccncc2Cl)ccc1=O. The fraction of sp³-hybridized carbons (Fsp3) is 0.0833. The van der Waals surface area contributed by atoms with Gasteiger partial charge in [-0.1, -0.05) is 11.6 Å². The zero-order valence-electron chi connectivity index (χ0n) is 9.55. The van der Waals surface area contributed by atoms with E-state index in [-0.39, 0.29) is 16.5 Å². The van der Waals surface area contributed by atoms with Gasteiger partial charge in [0.15, 0.2) is 0 Å². The maximum absolute atomic E-state index is 11.9. The topological polar surface area (TPSA) is 64.0 Å². The molecule has 92 valence electrons. The Morgan fingerprint density at radius 1 is 1.39 bits per heavy atom. The highest BCUT2D eigenvalue weighted by Crippen LogP contribution is 2.15. The number of rotatable bonds is 2. The normalized spacial score (nSPS) is 10.1. The monoisotopic (exact) mass is 263 g/mol. The summed E-state index contributed by atoms with van der Waals surface area (Å²) in [5.74, 6) is -0.346. The van der Waals surface area contributed by atoms with Crippen molar-refractivity contribution in [2.75, 3.05) is 5.32 Å². The zero-order valence-corrected chi connectivity index (χ0v) is 10.3. The molecule has 0 aliphatic heterocycles. The van der Waals surface area contributed by atoms with E-state index in [9.17, 15) is 9.59 Å². The Kier molecular flexibility index (Phi) is 3.43. The molecule has 6 heteroatoms. The summed E-state index contributed by atoms with van der Waals surface area (Å²) < 4.78 is 1.38. The predicted molar refractivity (Wildman–Crippen MR) is 68.9 cm³/mol. The van der Waals surface area contributed by atoms with Gasteiger partial charge in [0, 0.05) is 31.7 Å². The van der Waals surface area contributed by atoms with Crippen LogP contribution in [-0.4, -0.2) is 15.5 Å². The average Bonchev–Trinajstić information content (AvgIpc) is 2.34. The van der Waals surface area contributed by atoms with Crippen molar-refractivity contribution in [1.82, 2.24) is 9.55 Å². The van der Waals surface area contributed by atoms with Gasteiger partial charge in [0.2, 0.25) is 5.56 Å². The molecule has 0 saturated carbocycles. The van der Waals surface area contributed by atoms with Gasteiger partial charge in [-0.3, -0.25) is 14.6 Å². The van der Waals surface area contributed by atoms with E-state index >= 15 is 0 Å². The number of hydrogen-bond donors (Lipinski definition) is 1. The molecule has 0 aliphatic rings. The summed E-state index contributed by atoms with van der Waals surface area (Å²) in [6.45, 7) is 0. The summed E-state index contributed by atoms with van der Waals surface area (Å²) in [5.41, 5.74) is 0.713. The number of pyridine rings is 2. The van der Waals surface area contributed by atoms with Crippen LogP contribution in [0.4, 0.5) is 5.69 Å². The lowest BCUT2D eigenvalue weighted by Crippen LogP contribution is -2.18. The van der Waals surface area contributed by atoms with Gasteiger partial charge in [-0.15, -0.1) is 0 Å². The lowest BCUT2D eigenvalue weighted by Gasteiger charge is -2.07. The molecular formula is C12H10ClN3O2. The Balaban J connectivity index is 2.24. The third-order valence-electron chi connectivity index (χ3n) is 2.36. The van der Waals surface area contributed by atoms with Crippen LogP contribution in [0.2, 0.25) is 5.02 Å². The van der Waals surface area contributed by atoms with Gasteiger partial charge >= 0.3 is 0 Å². The largest absolute Gasteiger partial charge is 0.321 e. The Morgan fingerprint density at radius 3 is 2.83 bits per heavy atom. The van der Waals surface area contributed by atoms with Crippen LogP contribution in [0.5, 0.6) is 0 Å². The minimum Gasteiger partial charge on any atom is -0.321 e. The summed E-state index contributed by atoms with van der Waals surface area (Å²) >= 11 is 5.86. The van der Waals surface area contributed by atoms with Crippen LogP contribution >= 0.6 is 11.6 Å². The Labute approximate surface area is 108 Å². The van der Waals surface area contributed by atoms with Gasteiger partial charge in [-0.25, -0.2) is 0 Å². The number of hydrogen-bond acceptors (Lipinski definition) is 3. The van der Waals surface area contributed by atoms with Gasteiger partial charge in [0.25, 0.3) is 5.91 Å². The molecule has 0 bridgehead atoms. The molecule has 2 heterocycles. The van der Waals surface area contributed by atoms with Crippen LogP contribution in [0, 0.1) is 0 Å². The van der Waals surface area contributed by atoms with Crippen molar-refractivity contribution in [1.29, 1.82) is 0 Å². The van der Waals surface area contributed by atoms with Crippen molar-refractivity contribution in [3.05, 3.63) is 57.7 Å². The number of aromatic nitrogens is 2. The fourth-order valence-corrected chi connectivity index (χ4v) is 1.63. The number of aryl methyl sites for hydroxylation is 1. The van der Waals surface area contributed by atoms with Crippen molar-refractivity contribution in [3.63, 3.8) is 0 Å². The molecule has 2 aromatic rings. The predicted octanol–water partition coefficient (Wildman–Crippen LogP) is 1.69. The maximum Gasteiger partial charge on any atom is 0.257 e. The van der Waals surface area contributed by atoms with Crippen molar-refractivity contribution < 1.29 is 4.79 Å². The van der Waals surface area contributed by atoms with Crippen molar-refractivity contribution >= 4 is 23.2 Å². The molecule has 1 amide bonds. The summed E-state index contributed by atoms with van der Waals surface area (Å²) in [5, 5.41) is 2.93. The summed E-state index contributed by atoms with van der Waals surface area (Å²) in [6, 6.07) is 4.44. The smallest absolute Gasteiger partial charge is 0.257 e. The Bertz CT molecular complexity index is 652. The van der Waals surface area contributed by atoms with Crippen LogP contribution in [0.25, 0.3) is 0 Å². The molecule has 18 heavy (non-hydrogen) atoms. The Hall–Kier alpha value is -2.14. The average molecular weight is 264 g/mol. The quantitative estimate of drug-likeness (QED) is 0.897. The lowest BCUT2D eigenvalue weighted by molar-refractivity contribution is 0.102. The molecular weight excluding hydrogens is 254 g/mol. The third kappa shape index (κ3) is 2.57. The van der Waals surface area contributed by atoms with Crippen LogP contribution in [0.1, 0.15) is 10.4 Å². The van der Waals surface area contributed by atoms with Crippen LogP contribution in [0.15, 0.2) is 41.6 Å². The van der Waals surface area contributed by atoms with E-state index in [4.69, 9.17) is 11.6 Å². The molecule has 0 fully saturated rings. The standard InChI is InChI=1S/C12H10ClN3O2/c1-16-7-8(2-3-11(16)17)15-12(18)9-4-5-14-6-10(9)13/h2-7H,1H3,(H,15,18). The highest BCUT2D eigenvalue weighted by atomic mass is 35.5. The van der Waals surface area contributed by atoms with Crippen LogP contribution in [-0.2, 0) is 7.05 Å². The molecule has 0 spiro atoms. The van der Waals surface area contributed by atoms with E-state index in [1.807, 2.05) is 0 Å². The number of anilines is 1. The lowest BCUT2D eigenvalue weighted by atomic mass is 10.2. The molecule has 0 radical (unpaired) electrons. The van der Waals surface area contributed by atoms with Gasteiger partial charge in [-0.05, 0) is 12.1 Å². The molecule has 2 aromatic heterocycles. The second-order valence-electron chi connectivity index (χ2n) is 3.68. The Morgan fingerprint density at radius 2 is 2.17 bits per heavy atom. The van der Waals surface area contributed by atoms with E-state index in [0.29, 0.717) is 11.3 Å². The first-order valence-electron chi connectivity index (χ1n) is 5.15. The number of nitrogens with zero attached hydrogens (tertiary/aromatic N) is 2. The minimum absolute atomic E-state index is 0.144. The highest BCUT2D eigenvalue weighted by molar-refractivity contribution is 6.34. The summed E-state index contributed by atoms with van der Waals surface area (Å²) in [6.07, 6.45) is 4.42. The van der Waals surface area contributed by atoms with Crippen molar-refractivity contribution in [2.45, 2.75) is 0 Å². The van der Waals surface area contributed by atoms with E-state index in [1.54, 1.807) is 7.05 Å². The van der Waals surface area contributed by atoms with E-state index in [2.05, 4.69) is 10.3 Å². The van der Waals surface area contributed by atoms with Gasteiger partial charge in [0.05, 0.1) is 16.3 Å². The minimum atomic E-state index is -0.346. The maximum atomic E-state index is 11.9. The fourth-order valence-electron chi connectivity index (χ4n) is 1.43. The second-order valence-corrected chi connectivity index (χ2v) is 4.08. The number of halogens is 1. The molecule has 0 atom stereocenters. The first-order valence-corrected chi connectivity index (χ1v) is 5.53. The second kappa shape index (κ2) is 5.01. The van der Waals surface area contributed by atoms with Crippen molar-refractivity contribution in [3.8, 4) is 0 Å². The van der Waals surface area contributed by atoms with Gasteiger partial charge in [-0.2, -0.15) is 0 Å². The van der Waals surface area contributed by atoms with Crippen LogP contribution in [0.3, 0.4) is 0 Å². The van der Waals surface area contributed by atoms with Gasteiger partial charge in [0.1, 0.15) is 0 Å². The first kappa shape index (κ1) is 12.3. The molecule has 2 rings (SSSR count). The zero-order chi connectivity index (χ0) is 13.1. The summed E-state index contributed by atoms with van der Waals surface area (Å²) in [4.78, 5) is 26.9. The number of amides is 1. The number of nitrogens with one attached hydrogen (secondary N) is 1. The number of carbonyl (C=O) groups is 1. The third-order valence-corrected chi connectivity index (χ3v) is 2.66. The van der Waals surface area contributed by atoms with Gasteiger partial charge < -0.3 is 9.88 Å². The summed E-state index contributed by atoms with van der Waals surface area (Å²) in [7, 11) is 1.61. The molecule has 0 aromatic carbocycles. The van der Waals surface area contributed by atoms with E-state index < -0.39 is 0 Å². The van der Waals surface area contributed by atoms with Crippen molar-refractivity contribution in [2.24, 2.45) is 7.05 Å². The number of carbonyl (C=O) groups excluding carboxylic acids is 1. The molecule has 5 nitrogen and oxygen atoms in total. The highest BCUT2D eigenvalue weighted by Gasteiger charge is 2.10. The van der Waals surface area contributed by atoms with E-state index in [0.717, 1.165) is 0 Å². The molecule has 0 saturated heterocycles.